The third-order valence-electron chi connectivity index (χ3n) is 2.22. The molecule has 0 atom stereocenters. The van der Waals surface area contributed by atoms with Crippen molar-refractivity contribution >= 4 is 21.8 Å². The molecule has 19 heavy (non-hydrogen) atoms. The van der Waals surface area contributed by atoms with Gasteiger partial charge in [-0.3, -0.25) is 0 Å². The van der Waals surface area contributed by atoms with Crippen molar-refractivity contribution in [1.82, 2.24) is 0 Å². The quantitative estimate of drug-likeness (QED) is 0.532. The van der Waals surface area contributed by atoms with Crippen LogP contribution in [0.25, 0.3) is 0 Å². The summed E-state index contributed by atoms with van der Waals surface area (Å²) in [5.74, 6) is -0.808. The highest BCUT2D eigenvalue weighted by atomic mass is 79.9. The Kier molecular flexibility index (Phi) is 4.16. The number of hydrogen-bond donors (Lipinski definition) is 1. The Labute approximate surface area is 116 Å². The van der Waals surface area contributed by atoms with Crippen LogP contribution < -0.4 is 5.73 Å². The van der Waals surface area contributed by atoms with Gasteiger partial charge in [-0.2, -0.15) is 0 Å². The van der Waals surface area contributed by atoms with E-state index in [-0.39, 0.29) is 18.0 Å². The van der Waals surface area contributed by atoms with Crippen LogP contribution in [0.1, 0.15) is 11.3 Å². The molecule has 2 rings (SSSR count). The highest BCUT2D eigenvalue weighted by molar-refractivity contribution is 9.10. The van der Waals surface area contributed by atoms with Gasteiger partial charge in [-0.25, -0.2) is 8.78 Å². The molecule has 0 amide bonds. The maximum atomic E-state index is 13.3. The van der Waals surface area contributed by atoms with E-state index in [0.717, 1.165) is 18.2 Å². The molecule has 0 aliphatic carbocycles. The molecule has 1 heterocycles. The average molecular weight is 331 g/mol. The van der Waals surface area contributed by atoms with E-state index in [9.17, 15) is 8.78 Å². The molecule has 0 unspecified atom stereocenters. The van der Waals surface area contributed by atoms with Crippen molar-refractivity contribution in [2.75, 3.05) is 0 Å². The maximum Gasteiger partial charge on any atom is 0.206 e. The van der Waals surface area contributed by atoms with Crippen molar-refractivity contribution in [2.24, 2.45) is 10.9 Å². The van der Waals surface area contributed by atoms with Crippen molar-refractivity contribution in [2.45, 2.75) is 6.61 Å². The van der Waals surface area contributed by atoms with Crippen LogP contribution in [-0.4, -0.2) is 5.84 Å². The monoisotopic (exact) mass is 330 g/mol. The molecule has 1 aromatic heterocycles. The largest absolute Gasteiger partial charge is 0.446 e. The summed E-state index contributed by atoms with van der Waals surface area (Å²) < 4.78 is 31.8. The predicted octanol–water partition coefficient (Wildman–Crippen LogP) is 3.16. The molecule has 0 bridgehead atoms. The number of hydrogen-bond acceptors (Lipinski definition) is 3. The van der Waals surface area contributed by atoms with Crippen LogP contribution in [0.2, 0.25) is 0 Å². The van der Waals surface area contributed by atoms with E-state index in [2.05, 4.69) is 21.1 Å². The second-order valence-electron chi connectivity index (χ2n) is 3.59. The summed E-state index contributed by atoms with van der Waals surface area (Å²) in [7, 11) is 0. The highest BCUT2D eigenvalue weighted by Gasteiger charge is 2.06. The number of rotatable bonds is 4. The number of nitrogens with two attached hydrogens (primary N) is 1. The van der Waals surface area contributed by atoms with Crippen LogP contribution in [0.5, 0.6) is 0 Å². The molecular weight excluding hydrogens is 322 g/mol. The van der Waals surface area contributed by atoms with Gasteiger partial charge in [0.05, 0.1) is 0 Å². The first-order valence-corrected chi connectivity index (χ1v) is 6.00. The third kappa shape index (κ3) is 3.54. The fourth-order valence-electron chi connectivity index (χ4n) is 1.32. The lowest BCUT2D eigenvalue weighted by Gasteiger charge is -2.02. The molecule has 100 valence electrons. The van der Waals surface area contributed by atoms with Crippen molar-refractivity contribution < 1.29 is 18.0 Å². The SMILES string of the molecule is NC(=NOCc1cc(F)ccc1F)c1ccc(Br)o1. The van der Waals surface area contributed by atoms with Gasteiger partial charge in [0.15, 0.2) is 10.4 Å². The van der Waals surface area contributed by atoms with Gasteiger partial charge in [0, 0.05) is 5.56 Å². The molecule has 0 saturated heterocycles. The van der Waals surface area contributed by atoms with E-state index in [0.29, 0.717) is 10.4 Å². The van der Waals surface area contributed by atoms with E-state index in [1.165, 1.54) is 0 Å². The van der Waals surface area contributed by atoms with Crippen LogP contribution in [-0.2, 0) is 11.4 Å². The van der Waals surface area contributed by atoms with Gasteiger partial charge in [0.2, 0.25) is 5.84 Å². The summed E-state index contributed by atoms with van der Waals surface area (Å²) in [6.07, 6.45) is 0. The first-order chi connectivity index (χ1) is 9.06. The van der Waals surface area contributed by atoms with E-state index < -0.39 is 11.6 Å². The van der Waals surface area contributed by atoms with Gasteiger partial charge >= 0.3 is 0 Å². The minimum atomic E-state index is -0.573. The number of furan rings is 1. The number of nitrogens with zero attached hydrogens (tertiary/aromatic N) is 1. The number of halogens is 3. The zero-order valence-corrected chi connectivity index (χ0v) is 11.2. The molecule has 2 N–H and O–H groups in total. The van der Waals surface area contributed by atoms with Gasteiger partial charge in [0.1, 0.15) is 18.2 Å². The fraction of sp³-hybridized carbons (Fsp3) is 0.0833. The summed E-state index contributed by atoms with van der Waals surface area (Å²) >= 11 is 3.11. The highest BCUT2D eigenvalue weighted by Crippen LogP contribution is 2.14. The molecule has 0 aliphatic heterocycles. The van der Waals surface area contributed by atoms with Gasteiger partial charge in [-0.05, 0) is 46.3 Å². The lowest BCUT2D eigenvalue weighted by atomic mass is 10.2. The van der Waals surface area contributed by atoms with E-state index >= 15 is 0 Å². The van der Waals surface area contributed by atoms with Crippen molar-refractivity contribution in [3.63, 3.8) is 0 Å². The van der Waals surface area contributed by atoms with Gasteiger partial charge in [-0.15, -0.1) is 0 Å². The number of oxime groups is 1. The summed E-state index contributed by atoms with van der Waals surface area (Å²) in [6.45, 7) is -0.230. The molecule has 7 heteroatoms. The molecular formula is C12H9BrF2N2O2. The molecule has 1 aromatic carbocycles. The molecule has 0 spiro atoms. The Hall–Kier alpha value is -1.89. The minimum absolute atomic E-state index is 0.00233. The Morgan fingerprint density at radius 2 is 2.11 bits per heavy atom. The van der Waals surface area contributed by atoms with E-state index in [4.69, 9.17) is 15.0 Å². The van der Waals surface area contributed by atoms with Crippen LogP contribution in [0.15, 0.2) is 44.6 Å². The molecule has 0 saturated carbocycles. The Morgan fingerprint density at radius 1 is 1.32 bits per heavy atom. The van der Waals surface area contributed by atoms with Crippen LogP contribution in [0, 0.1) is 11.6 Å². The lowest BCUT2D eigenvalue weighted by Crippen LogP contribution is -2.12. The second kappa shape index (κ2) is 5.83. The molecule has 0 radical (unpaired) electrons. The van der Waals surface area contributed by atoms with Crippen molar-refractivity contribution in [1.29, 1.82) is 0 Å². The second-order valence-corrected chi connectivity index (χ2v) is 4.37. The maximum absolute atomic E-state index is 13.3. The summed E-state index contributed by atoms with van der Waals surface area (Å²) in [5, 5.41) is 3.56. The summed E-state index contributed by atoms with van der Waals surface area (Å²) in [6, 6.07) is 6.31. The molecule has 2 aromatic rings. The third-order valence-corrected chi connectivity index (χ3v) is 2.64. The normalized spacial score (nSPS) is 11.6. The van der Waals surface area contributed by atoms with Crippen LogP contribution >= 0.6 is 15.9 Å². The first-order valence-electron chi connectivity index (χ1n) is 5.21. The number of amidine groups is 1. The minimum Gasteiger partial charge on any atom is -0.446 e. The van der Waals surface area contributed by atoms with E-state index in [1.54, 1.807) is 12.1 Å². The van der Waals surface area contributed by atoms with Gasteiger partial charge < -0.3 is 15.0 Å². The average Bonchev–Trinajstić information content (AvgIpc) is 2.80. The van der Waals surface area contributed by atoms with Gasteiger partial charge in [-0.1, -0.05) is 5.16 Å². The smallest absolute Gasteiger partial charge is 0.206 e. The zero-order valence-electron chi connectivity index (χ0n) is 9.57. The first kappa shape index (κ1) is 13.5. The topological polar surface area (TPSA) is 60.8 Å². The van der Waals surface area contributed by atoms with E-state index in [1.807, 2.05) is 0 Å². The number of benzene rings is 1. The zero-order chi connectivity index (χ0) is 13.8. The Morgan fingerprint density at radius 3 is 2.79 bits per heavy atom. The predicted molar refractivity (Wildman–Crippen MR) is 68.3 cm³/mol. The molecule has 0 aliphatic rings. The van der Waals surface area contributed by atoms with Crippen LogP contribution in [0.4, 0.5) is 8.78 Å². The Bertz CT molecular complexity index is 614. The lowest BCUT2D eigenvalue weighted by molar-refractivity contribution is 0.127. The summed E-state index contributed by atoms with van der Waals surface area (Å²) in [4.78, 5) is 4.86. The summed E-state index contributed by atoms with van der Waals surface area (Å²) in [5.41, 5.74) is 5.64. The molecule has 0 fully saturated rings. The fourth-order valence-corrected chi connectivity index (χ4v) is 1.63. The molecule has 4 nitrogen and oxygen atoms in total. The van der Waals surface area contributed by atoms with Gasteiger partial charge in [0.25, 0.3) is 0 Å². The van der Waals surface area contributed by atoms with Crippen molar-refractivity contribution in [3.05, 3.63) is 58.0 Å². The van der Waals surface area contributed by atoms with Crippen LogP contribution in [0.3, 0.4) is 0 Å². The Balaban J connectivity index is 2.01. The standard InChI is InChI=1S/C12H9BrF2N2O2/c13-11-4-3-10(19-11)12(16)17-18-6-7-5-8(14)1-2-9(7)15/h1-5H,6H2,(H2,16,17). The van der Waals surface area contributed by atoms with Crippen molar-refractivity contribution in [3.8, 4) is 0 Å².